The Hall–Kier alpha value is -1.21. The summed E-state index contributed by atoms with van der Waals surface area (Å²) < 4.78 is 23.6. The van der Waals surface area contributed by atoms with Crippen LogP contribution in [0.15, 0.2) is 22.6 Å². The SMILES string of the molecule is CS(=O)CCOc1cccc2c1C(N)=NSN2. The summed E-state index contributed by atoms with van der Waals surface area (Å²) in [6.45, 7) is 0.403. The molecule has 0 spiro atoms. The third kappa shape index (κ3) is 2.92. The molecule has 5 nitrogen and oxygen atoms in total. The van der Waals surface area contributed by atoms with Crippen LogP contribution in [0.4, 0.5) is 5.69 Å². The quantitative estimate of drug-likeness (QED) is 0.803. The molecule has 0 radical (unpaired) electrons. The summed E-state index contributed by atoms with van der Waals surface area (Å²) in [4.78, 5) is 0. The van der Waals surface area contributed by atoms with Crippen LogP contribution in [0.5, 0.6) is 5.75 Å². The van der Waals surface area contributed by atoms with Crippen molar-refractivity contribution in [3.8, 4) is 5.75 Å². The van der Waals surface area contributed by atoms with Gasteiger partial charge in [-0.15, -0.1) is 0 Å². The van der Waals surface area contributed by atoms with Crippen LogP contribution in [0.25, 0.3) is 0 Å². The number of ether oxygens (including phenoxy) is 1. The number of nitrogens with two attached hydrogens (primary N) is 1. The summed E-state index contributed by atoms with van der Waals surface area (Å²) in [6, 6.07) is 5.62. The van der Waals surface area contributed by atoms with E-state index in [1.54, 1.807) is 6.26 Å². The van der Waals surface area contributed by atoms with Crippen LogP contribution >= 0.6 is 12.1 Å². The zero-order valence-corrected chi connectivity index (χ0v) is 10.9. The maximum atomic E-state index is 11.0. The van der Waals surface area contributed by atoms with Crippen molar-refractivity contribution in [2.24, 2.45) is 10.1 Å². The maximum absolute atomic E-state index is 11.0. The highest BCUT2D eigenvalue weighted by Crippen LogP contribution is 2.31. The van der Waals surface area contributed by atoms with Crippen LogP contribution in [-0.2, 0) is 10.8 Å². The van der Waals surface area contributed by atoms with Crippen molar-refractivity contribution in [1.29, 1.82) is 0 Å². The van der Waals surface area contributed by atoms with Gasteiger partial charge in [-0.1, -0.05) is 6.07 Å². The number of hydrogen-bond donors (Lipinski definition) is 2. The van der Waals surface area contributed by atoms with Crippen molar-refractivity contribution in [2.45, 2.75) is 0 Å². The van der Waals surface area contributed by atoms with E-state index in [0.717, 1.165) is 11.3 Å². The first-order valence-electron chi connectivity index (χ1n) is 5.00. The Morgan fingerprint density at radius 2 is 2.41 bits per heavy atom. The van der Waals surface area contributed by atoms with Gasteiger partial charge in [-0.05, 0) is 12.1 Å². The third-order valence-electron chi connectivity index (χ3n) is 2.21. The molecular formula is C10H13N3O2S2. The molecule has 17 heavy (non-hydrogen) atoms. The van der Waals surface area contributed by atoms with Crippen molar-refractivity contribution >= 4 is 34.5 Å². The van der Waals surface area contributed by atoms with Crippen LogP contribution in [-0.4, -0.2) is 28.7 Å². The maximum Gasteiger partial charge on any atom is 0.146 e. The molecule has 3 N–H and O–H groups in total. The van der Waals surface area contributed by atoms with Crippen molar-refractivity contribution in [1.82, 2.24) is 0 Å². The van der Waals surface area contributed by atoms with Crippen molar-refractivity contribution < 1.29 is 8.95 Å². The topological polar surface area (TPSA) is 76.7 Å². The largest absolute Gasteiger partial charge is 0.492 e. The Morgan fingerprint density at radius 1 is 1.59 bits per heavy atom. The standard InChI is InChI=1S/C10H13N3O2S2/c1-17(14)6-5-15-8-4-2-3-7-9(8)10(11)13-16-12-7/h2-4,12H,5-6H2,1H3,(H2,11,13). The number of fused-ring (bicyclic) bond motifs is 1. The highest BCUT2D eigenvalue weighted by molar-refractivity contribution is 7.99. The Kier molecular flexibility index (Phi) is 3.90. The van der Waals surface area contributed by atoms with E-state index < -0.39 is 10.8 Å². The highest BCUT2D eigenvalue weighted by Gasteiger charge is 2.17. The van der Waals surface area contributed by atoms with Crippen LogP contribution in [0.1, 0.15) is 5.56 Å². The first kappa shape index (κ1) is 12.3. The second kappa shape index (κ2) is 5.42. The molecule has 1 unspecified atom stereocenters. The van der Waals surface area contributed by atoms with Gasteiger partial charge in [-0.2, -0.15) is 4.40 Å². The molecule has 0 saturated heterocycles. The molecule has 1 atom stereocenters. The number of amidine groups is 1. The molecule has 92 valence electrons. The van der Waals surface area contributed by atoms with E-state index in [0.29, 0.717) is 23.9 Å². The fourth-order valence-corrected chi connectivity index (χ4v) is 2.26. The Balaban J connectivity index is 2.18. The molecule has 0 bridgehead atoms. The number of anilines is 1. The van der Waals surface area contributed by atoms with E-state index in [1.807, 2.05) is 18.2 Å². The molecule has 0 aliphatic carbocycles. The van der Waals surface area contributed by atoms with Gasteiger partial charge in [0.25, 0.3) is 0 Å². The Bertz CT molecular complexity index is 477. The number of nitrogens with one attached hydrogen (secondary N) is 1. The number of nitrogens with zero attached hydrogens (tertiary/aromatic N) is 1. The van der Waals surface area contributed by atoms with Gasteiger partial charge >= 0.3 is 0 Å². The first-order chi connectivity index (χ1) is 8.18. The lowest BCUT2D eigenvalue weighted by Gasteiger charge is -2.18. The number of hydrogen-bond acceptors (Lipinski definition) is 6. The Labute approximate surface area is 107 Å². The molecule has 0 aromatic heterocycles. The minimum Gasteiger partial charge on any atom is -0.492 e. The van der Waals surface area contributed by atoms with Crippen LogP contribution < -0.4 is 15.2 Å². The normalized spacial score (nSPS) is 15.5. The molecule has 1 aliphatic rings. The predicted octanol–water partition coefficient (Wildman–Crippen LogP) is 1.14. The first-order valence-corrected chi connectivity index (χ1v) is 7.50. The zero-order valence-electron chi connectivity index (χ0n) is 9.30. The summed E-state index contributed by atoms with van der Waals surface area (Å²) in [5.41, 5.74) is 7.49. The van der Waals surface area contributed by atoms with Gasteiger partial charge in [-0.3, -0.25) is 4.21 Å². The van der Waals surface area contributed by atoms with E-state index in [1.165, 1.54) is 12.1 Å². The molecule has 0 saturated carbocycles. The second-order valence-corrected chi connectivity index (χ2v) is 5.60. The van der Waals surface area contributed by atoms with E-state index in [4.69, 9.17) is 10.5 Å². The van der Waals surface area contributed by atoms with Gasteiger partial charge in [0.1, 0.15) is 11.6 Å². The highest BCUT2D eigenvalue weighted by atomic mass is 32.2. The van der Waals surface area contributed by atoms with Gasteiger partial charge in [0.05, 0.1) is 35.7 Å². The second-order valence-electron chi connectivity index (χ2n) is 3.47. The lowest BCUT2D eigenvalue weighted by atomic mass is 10.1. The van der Waals surface area contributed by atoms with Crippen molar-refractivity contribution in [3.63, 3.8) is 0 Å². The van der Waals surface area contributed by atoms with E-state index in [-0.39, 0.29) is 0 Å². The molecule has 7 heteroatoms. The average molecular weight is 271 g/mol. The average Bonchev–Trinajstić information content (AvgIpc) is 2.29. The molecule has 1 aromatic rings. The number of benzene rings is 1. The van der Waals surface area contributed by atoms with Gasteiger partial charge in [-0.25, -0.2) is 0 Å². The fraction of sp³-hybridized carbons (Fsp3) is 0.300. The van der Waals surface area contributed by atoms with Gasteiger partial charge in [0.15, 0.2) is 0 Å². The minimum atomic E-state index is -0.856. The van der Waals surface area contributed by atoms with E-state index >= 15 is 0 Å². The summed E-state index contributed by atoms with van der Waals surface area (Å²) in [5, 5.41) is 0. The van der Waals surface area contributed by atoms with Crippen LogP contribution in [0.3, 0.4) is 0 Å². The molecular weight excluding hydrogens is 258 g/mol. The molecule has 0 fully saturated rings. The van der Waals surface area contributed by atoms with Crippen molar-refractivity contribution in [3.05, 3.63) is 23.8 Å². The lowest BCUT2D eigenvalue weighted by molar-refractivity contribution is 0.342. The van der Waals surface area contributed by atoms with Crippen LogP contribution in [0, 0.1) is 0 Å². The molecule has 2 rings (SSSR count). The summed E-state index contributed by atoms with van der Waals surface area (Å²) in [6.07, 6.45) is 1.65. The molecule has 1 aliphatic heterocycles. The van der Waals surface area contributed by atoms with Crippen molar-refractivity contribution in [2.75, 3.05) is 23.3 Å². The molecule has 1 aromatic carbocycles. The monoisotopic (exact) mass is 271 g/mol. The molecule has 1 heterocycles. The van der Waals surface area contributed by atoms with Gasteiger partial charge in [0.2, 0.25) is 0 Å². The summed E-state index contributed by atoms with van der Waals surface area (Å²) in [7, 11) is -0.856. The van der Waals surface area contributed by atoms with E-state index in [2.05, 4.69) is 9.12 Å². The van der Waals surface area contributed by atoms with Gasteiger partial charge in [0, 0.05) is 17.1 Å². The fourth-order valence-electron chi connectivity index (χ4n) is 1.44. The zero-order chi connectivity index (χ0) is 12.3. The van der Waals surface area contributed by atoms with Crippen LogP contribution in [0.2, 0.25) is 0 Å². The third-order valence-corrected chi connectivity index (χ3v) is 3.55. The Morgan fingerprint density at radius 3 is 3.18 bits per heavy atom. The smallest absolute Gasteiger partial charge is 0.146 e. The summed E-state index contributed by atoms with van der Waals surface area (Å²) in [5.74, 6) is 1.61. The predicted molar refractivity (Wildman–Crippen MR) is 72.8 cm³/mol. The minimum absolute atomic E-state index is 0.403. The number of rotatable bonds is 4. The molecule has 0 amide bonds. The lowest BCUT2D eigenvalue weighted by Crippen LogP contribution is -2.19. The van der Waals surface area contributed by atoms with Gasteiger partial charge < -0.3 is 15.2 Å². The summed E-state index contributed by atoms with van der Waals surface area (Å²) >= 11 is 1.19. The van der Waals surface area contributed by atoms with E-state index in [9.17, 15) is 4.21 Å².